The lowest BCUT2D eigenvalue weighted by molar-refractivity contribution is -0.125. The number of rotatable bonds is 6. The molecule has 2 atom stereocenters. The quantitative estimate of drug-likeness (QED) is 0.770. The van der Waals surface area contributed by atoms with Crippen molar-refractivity contribution in [2.24, 2.45) is 11.8 Å². The highest BCUT2D eigenvalue weighted by Gasteiger charge is 2.47. The second-order valence-electron chi connectivity index (χ2n) is 6.71. The van der Waals surface area contributed by atoms with Crippen molar-refractivity contribution in [1.29, 1.82) is 0 Å². The van der Waals surface area contributed by atoms with Crippen LogP contribution in [0.5, 0.6) is 0 Å². The van der Waals surface area contributed by atoms with Gasteiger partial charge < -0.3 is 15.4 Å². The number of carbonyl (C=O) groups excluding carboxylic acids is 3. The van der Waals surface area contributed by atoms with Crippen LogP contribution in [0.4, 0.5) is 5.69 Å². The zero-order valence-electron chi connectivity index (χ0n) is 15.3. The number of amides is 2. The third-order valence-corrected chi connectivity index (χ3v) is 4.59. The van der Waals surface area contributed by atoms with Gasteiger partial charge in [-0.25, -0.2) is 4.79 Å². The highest BCUT2D eigenvalue weighted by atomic mass is 16.5. The first-order valence-electron chi connectivity index (χ1n) is 8.80. The van der Waals surface area contributed by atoms with Crippen molar-refractivity contribution in [2.45, 2.75) is 19.9 Å². The van der Waals surface area contributed by atoms with Gasteiger partial charge in [-0.1, -0.05) is 29.8 Å². The van der Waals surface area contributed by atoms with Gasteiger partial charge in [0.1, 0.15) is 0 Å². The lowest BCUT2D eigenvalue weighted by Gasteiger charge is -2.07. The number of benzene rings is 2. The van der Waals surface area contributed by atoms with E-state index in [9.17, 15) is 14.4 Å². The Morgan fingerprint density at radius 1 is 1.04 bits per heavy atom. The number of carbonyl (C=O) groups is 3. The molecular weight excluding hydrogens is 344 g/mol. The van der Waals surface area contributed by atoms with E-state index in [1.807, 2.05) is 31.2 Å². The van der Waals surface area contributed by atoms with Crippen LogP contribution >= 0.6 is 0 Å². The van der Waals surface area contributed by atoms with Gasteiger partial charge in [0.05, 0.1) is 24.5 Å². The molecule has 2 unspecified atom stereocenters. The molecule has 1 fully saturated rings. The third kappa shape index (κ3) is 4.73. The molecule has 2 aromatic carbocycles. The molecule has 1 saturated carbocycles. The molecule has 0 heterocycles. The van der Waals surface area contributed by atoms with Crippen molar-refractivity contribution in [3.05, 3.63) is 65.2 Å². The number of hydrogen-bond acceptors (Lipinski definition) is 4. The van der Waals surface area contributed by atoms with E-state index >= 15 is 0 Å². The number of methoxy groups -OCH3 is 1. The molecule has 0 aromatic heterocycles. The van der Waals surface area contributed by atoms with Gasteiger partial charge in [-0.15, -0.1) is 0 Å². The Labute approximate surface area is 157 Å². The average Bonchev–Trinajstić information content (AvgIpc) is 3.47. The summed E-state index contributed by atoms with van der Waals surface area (Å²) < 4.78 is 4.64. The van der Waals surface area contributed by atoms with Gasteiger partial charge in [0.25, 0.3) is 0 Å². The Morgan fingerprint density at radius 3 is 2.41 bits per heavy atom. The van der Waals surface area contributed by atoms with E-state index in [4.69, 9.17) is 0 Å². The Bertz CT molecular complexity index is 861. The molecule has 0 radical (unpaired) electrons. The molecular formula is C21H22N2O4. The van der Waals surface area contributed by atoms with E-state index in [1.54, 1.807) is 24.3 Å². The van der Waals surface area contributed by atoms with Gasteiger partial charge in [0.15, 0.2) is 0 Å². The summed E-state index contributed by atoms with van der Waals surface area (Å²) in [6.07, 6.45) is 0.547. The molecule has 6 heteroatoms. The predicted octanol–water partition coefficient (Wildman–Crippen LogP) is 2.67. The maximum Gasteiger partial charge on any atom is 0.337 e. The molecule has 0 saturated heterocycles. The number of esters is 1. The Kier molecular flexibility index (Phi) is 5.54. The van der Waals surface area contributed by atoms with Gasteiger partial charge in [-0.05, 0) is 43.2 Å². The van der Waals surface area contributed by atoms with Crippen LogP contribution in [0.1, 0.15) is 27.9 Å². The first kappa shape index (κ1) is 18.6. The Hall–Kier alpha value is -3.15. The molecule has 0 spiro atoms. The smallest absolute Gasteiger partial charge is 0.337 e. The fourth-order valence-corrected chi connectivity index (χ4v) is 2.96. The minimum absolute atomic E-state index is 0.0994. The zero-order valence-corrected chi connectivity index (χ0v) is 15.3. The minimum atomic E-state index is -0.430. The van der Waals surface area contributed by atoms with Gasteiger partial charge >= 0.3 is 5.97 Å². The normalized spacial score (nSPS) is 17.7. The van der Waals surface area contributed by atoms with Crippen LogP contribution in [0.2, 0.25) is 0 Å². The van der Waals surface area contributed by atoms with E-state index in [0.29, 0.717) is 24.2 Å². The number of hydrogen-bond donors (Lipinski definition) is 2. The summed E-state index contributed by atoms with van der Waals surface area (Å²) in [5.41, 5.74) is 3.17. The summed E-state index contributed by atoms with van der Waals surface area (Å²) in [4.78, 5) is 36.0. The minimum Gasteiger partial charge on any atom is -0.465 e. The summed E-state index contributed by atoms with van der Waals surface area (Å²) in [7, 11) is 1.31. The SMILES string of the molecule is COC(=O)c1ccc(NC(=O)C2CC2C(=O)NCc2cccc(C)c2)cc1. The molecule has 1 aliphatic rings. The highest BCUT2D eigenvalue weighted by Crippen LogP contribution is 2.39. The summed E-state index contributed by atoms with van der Waals surface area (Å²) in [5, 5.41) is 5.68. The molecule has 2 N–H and O–H groups in total. The average molecular weight is 366 g/mol. The largest absolute Gasteiger partial charge is 0.465 e. The third-order valence-electron chi connectivity index (χ3n) is 4.59. The Morgan fingerprint density at radius 2 is 1.74 bits per heavy atom. The van der Waals surface area contributed by atoms with E-state index in [-0.39, 0.29) is 23.7 Å². The van der Waals surface area contributed by atoms with Crippen LogP contribution in [0, 0.1) is 18.8 Å². The first-order valence-corrected chi connectivity index (χ1v) is 8.80. The summed E-state index contributed by atoms with van der Waals surface area (Å²) in [5.74, 6) is -1.32. The van der Waals surface area contributed by atoms with Crippen LogP contribution < -0.4 is 10.6 Å². The summed E-state index contributed by atoms with van der Waals surface area (Å²) >= 11 is 0. The first-order chi connectivity index (χ1) is 13.0. The molecule has 2 amide bonds. The lowest BCUT2D eigenvalue weighted by Crippen LogP contribution is -2.27. The maximum atomic E-state index is 12.3. The van der Waals surface area contributed by atoms with Crippen molar-refractivity contribution in [1.82, 2.24) is 5.32 Å². The number of ether oxygens (including phenoxy) is 1. The van der Waals surface area contributed by atoms with Crippen LogP contribution in [0.3, 0.4) is 0 Å². The maximum absolute atomic E-state index is 12.3. The number of nitrogens with one attached hydrogen (secondary N) is 2. The molecule has 1 aliphatic carbocycles. The van der Waals surface area contributed by atoms with E-state index in [2.05, 4.69) is 15.4 Å². The van der Waals surface area contributed by atoms with Crippen LogP contribution in [0.25, 0.3) is 0 Å². The van der Waals surface area contributed by atoms with Crippen molar-refractivity contribution in [3.8, 4) is 0 Å². The summed E-state index contributed by atoms with van der Waals surface area (Å²) in [6.45, 7) is 2.46. The fourth-order valence-electron chi connectivity index (χ4n) is 2.96. The molecule has 2 aromatic rings. The topological polar surface area (TPSA) is 84.5 Å². The van der Waals surface area contributed by atoms with E-state index in [1.165, 1.54) is 7.11 Å². The monoisotopic (exact) mass is 366 g/mol. The van der Waals surface area contributed by atoms with E-state index in [0.717, 1.165) is 11.1 Å². The number of aryl methyl sites for hydroxylation is 1. The van der Waals surface area contributed by atoms with E-state index < -0.39 is 5.97 Å². The molecule has 3 rings (SSSR count). The van der Waals surface area contributed by atoms with Crippen molar-refractivity contribution < 1.29 is 19.1 Å². The fraction of sp³-hybridized carbons (Fsp3) is 0.286. The Balaban J connectivity index is 1.48. The van der Waals surface area contributed by atoms with Crippen LogP contribution in [-0.4, -0.2) is 24.9 Å². The van der Waals surface area contributed by atoms with Crippen molar-refractivity contribution in [2.75, 3.05) is 12.4 Å². The molecule has 6 nitrogen and oxygen atoms in total. The molecule has 0 aliphatic heterocycles. The second kappa shape index (κ2) is 8.03. The second-order valence-corrected chi connectivity index (χ2v) is 6.71. The molecule has 27 heavy (non-hydrogen) atoms. The standard InChI is InChI=1S/C21H22N2O4/c1-13-4-3-5-14(10-13)12-22-19(24)17-11-18(17)20(25)23-16-8-6-15(7-9-16)21(26)27-2/h3-10,17-18H,11-12H2,1-2H3,(H,22,24)(H,23,25). The van der Waals surface area contributed by atoms with Crippen molar-refractivity contribution >= 4 is 23.5 Å². The lowest BCUT2D eigenvalue weighted by atomic mass is 10.1. The van der Waals surface area contributed by atoms with Crippen LogP contribution in [-0.2, 0) is 20.9 Å². The molecule has 0 bridgehead atoms. The van der Waals surface area contributed by atoms with Crippen LogP contribution in [0.15, 0.2) is 48.5 Å². The highest BCUT2D eigenvalue weighted by molar-refractivity contribution is 5.99. The molecule has 140 valence electrons. The number of anilines is 1. The zero-order chi connectivity index (χ0) is 19.4. The predicted molar refractivity (Wildman–Crippen MR) is 101 cm³/mol. The van der Waals surface area contributed by atoms with Gasteiger partial charge in [-0.3, -0.25) is 9.59 Å². The van der Waals surface area contributed by atoms with Gasteiger partial charge in [-0.2, -0.15) is 0 Å². The van der Waals surface area contributed by atoms with Gasteiger partial charge in [0, 0.05) is 12.2 Å². The van der Waals surface area contributed by atoms with Crippen molar-refractivity contribution in [3.63, 3.8) is 0 Å². The summed E-state index contributed by atoms with van der Waals surface area (Å²) in [6, 6.07) is 14.4. The van der Waals surface area contributed by atoms with Gasteiger partial charge in [0.2, 0.25) is 11.8 Å².